The standard InChI is InChI=1S/C10H13FNO4S/c1-10(6-13,7-14)12-17(15,16)9-4-2-8(11)3-5-9/h2-5,13-14H,6-7H2,1H3/q-1. The van der Waals surface area contributed by atoms with Gasteiger partial charge in [-0.3, -0.25) is 0 Å². The molecule has 17 heavy (non-hydrogen) atoms. The van der Waals surface area contributed by atoms with E-state index in [-0.39, 0.29) is 4.90 Å². The summed E-state index contributed by atoms with van der Waals surface area (Å²) in [6, 6.07) is 4.14. The van der Waals surface area contributed by atoms with Crippen LogP contribution in [0.2, 0.25) is 0 Å². The van der Waals surface area contributed by atoms with Gasteiger partial charge >= 0.3 is 0 Å². The van der Waals surface area contributed by atoms with Crippen LogP contribution >= 0.6 is 0 Å². The zero-order chi connectivity index (χ0) is 13.1. The fourth-order valence-electron chi connectivity index (χ4n) is 1.06. The zero-order valence-corrected chi connectivity index (χ0v) is 9.98. The van der Waals surface area contributed by atoms with Crippen molar-refractivity contribution in [1.82, 2.24) is 0 Å². The molecule has 7 heteroatoms. The number of sulfonamides is 1. The molecule has 0 aliphatic rings. The number of hydrogen-bond donors (Lipinski definition) is 2. The van der Waals surface area contributed by atoms with Crippen molar-refractivity contribution in [2.24, 2.45) is 0 Å². The first-order valence-electron chi connectivity index (χ1n) is 4.79. The number of halogens is 1. The Morgan fingerprint density at radius 1 is 1.24 bits per heavy atom. The lowest BCUT2D eigenvalue weighted by molar-refractivity contribution is 0.156. The van der Waals surface area contributed by atoms with E-state index < -0.39 is 34.6 Å². The highest BCUT2D eigenvalue weighted by Crippen LogP contribution is 2.26. The SMILES string of the molecule is CC(CO)(CO)[N-]S(=O)(=O)c1ccc(F)cc1. The number of nitrogens with zero attached hydrogens (tertiary/aromatic N) is 1. The minimum absolute atomic E-state index is 0.188. The highest BCUT2D eigenvalue weighted by Gasteiger charge is 2.17. The molecule has 1 aromatic rings. The summed E-state index contributed by atoms with van der Waals surface area (Å²) in [4.78, 5) is -0.188. The van der Waals surface area contributed by atoms with Crippen LogP contribution in [0.5, 0.6) is 0 Å². The van der Waals surface area contributed by atoms with E-state index in [1.165, 1.54) is 6.92 Å². The van der Waals surface area contributed by atoms with Crippen molar-refractivity contribution in [3.8, 4) is 0 Å². The first-order valence-corrected chi connectivity index (χ1v) is 6.23. The van der Waals surface area contributed by atoms with E-state index in [0.717, 1.165) is 24.3 Å². The van der Waals surface area contributed by atoms with Gasteiger partial charge in [-0.1, -0.05) is 12.5 Å². The second-order valence-electron chi connectivity index (χ2n) is 3.83. The lowest BCUT2D eigenvalue weighted by Crippen LogP contribution is -2.34. The maximum absolute atomic E-state index is 12.6. The predicted octanol–water partition coefficient (Wildman–Crippen LogP) is 0.631. The normalized spacial score (nSPS) is 12.7. The largest absolute Gasteiger partial charge is 0.536 e. The molecule has 1 aromatic carbocycles. The van der Waals surface area contributed by atoms with Gasteiger partial charge in [0.25, 0.3) is 0 Å². The Labute approximate surface area is 99.0 Å². The van der Waals surface area contributed by atoms with E-state index in [9.17, 15) is 12.8 Å². The number of aliphatic hydroxyl groups excluding tert-OH is 2. The minimum Gasteiger partial charge on any atom is -0.536 e. The summed E-state index contributed by atoms with van der Waals surface area (Å²) >= 11 is 0. The number of benzene rings is 1. The van der Waals surface area contributed by atoms with Crippen LogP contribution in [0.25, 0.3) is 4.72 Å². The molecule has 0 bridgehead atoms. The molecule has 0 aliphatic carbocycles. The first kappa shape index (κ1) is 14.0. The molecular weight excluding hydrogens is 249 g/mol. The highest BCUT2D eigenvalue weighted by molar-refractivity contribution is 7.94. The Bertz CT molecular complexity index is 468. The van der Waals surface area contributed by atoms with Crippen molar-refractivity contribution in [3.05, 3.63) is 34.8 Å². The second kappa shape index (κ2) is 5.09. The fraction of sp³-hybridized carbons (Fsp3) is 0.400. The number of rotatable bonds is 5. The van der Waals surface area contributed by atoms with Gasteiger partial charge in [0, 0.05) is 18.1 Å². The van der Waals surface area contributed by atoms with Crippen LogP contribution in [0.3, 0.4) is 0 Å². The molecule has 0 spiro atoms. The van der Waals surface area contributed by atoms with Crippen LogP contribution in [0.1, 0.15) is 6.92 Å². The zero-order valence-electron chi connectivity index (χ0n) is 9.17. The fourth-order valence-corrected chi connectivity index (χ4v) is 2.34. The van der Waals surface area contributed by atoms with Crippen LogP contribution in [-0.4, -0.2) is 37.4 Å². The highest BCUT2D eigenvalue weighted by atomic mass is 32.2. The number of hydrogen-bond acceptors (Lipinski definition) is 4. The predicted molar refractivity (Wildman–Crippen MR) is 59.5 cm³/mol. The van der Waals surface area contributed by atoms with Crippen LogP contribution < -0.4 is 0 Å². The Hall–Kier alpha value is -1.02. The molecule has 0 amide bonds. The van der Waals surface area contributed by atoms with Gasteiger partial charge in [-0.15, -0.1) is 0 Å². The molecule has 2 N–H and O–H groups in total. The molecule has 0 radical (unpaired) electrons. The van der Waals surface area contributed by atoms with E-state index in [1.807, 2.05) is 0 Å². The van der Waals surface area contributed by atoms with E-state index in [0.29, 0.717) is 0 Å². The molecule has 0 unspecified atom stereocenters. The lowest BCUT2D eigenvalue weighted by Gasteiger charge is -2.39. The Morgan fingerprint density at radius 2 is 1.71 bits per heavy atom. The third kappa shape index (κ3) is 3.47. The van der Waals surface area contributed by atoms with Gasteiger partial charge in [-0.05, 0) is 24.3 Å². The average Bonchev–Trinajstić information content (AvgIpc) is 2.29. The van der Waals surface area contributed by atoms with E-state index in [1.54, 1.807) is 0 Å². The van der Waals surface area contributed by atoms with Crippen LogP contribution in [0.4, 0.5) is 4.39 Å². The molecule has 0 atom stereocenters. The summed E-state index contributed by atoms with van der Waals surface area (Å²) in [5, 5.41) is 17.9. The molecule has 0 aromatic heterocycles. The van der Waals surface area contributed by atoms with Crippen molar-refractivity contribution < 1.29 is 23.0 Å². The van der Waals surface area contributed by atoms with Crippen molar-refractivity contribution in [2.45, 2.75) is 17.4 Å². The third-order valence-electron chi connectivity index (χ3n) is 2.13. The molecule has 5 nitrogen and oxygen atoms in total. The Kier molecular flexibility index (Phi) is 4.21. The molecule has 0 heterocycles. The molecule has 0 saturated carbocycles. The van der Waals surface area contributed by atoms with Gasteiger partial charge < -0.3 is 14.9 Å². The minimum atomic E-state index is -4.02. The molecular formula is C10H13FNO4S-. The Morgan fingerprint density at radius 3 is 2.12 bits per heavy atom. The Balaban J connectivity index is 3.00. The van der Waals surface area contributed by atoms with Crippen molar-refractivity contribution in [3.63, 3.8) is 0 Å². The summed E-state index contributed by atoms with van der Waals surface area (Å²) in [5.41, 5.74) is -1.48. The third-order valence-corrected chi connectivity index (χ3v) is 3.68. The van der Waals surface area contributed by atoms with Gasteiger partial charge in [0.15, 0.2) is 0 Å². The van der Waals surface area contributed by atoms with Crippen molar-refractivity contribution >= 4 is 10.0 Å². The van der Waals surface area contributed by atoms with Crippen molar-refractivity contribution in [1.29, 1.82) is 0 Å². The van der Waals surface area contributed by atoms with Crippen LogP contribution in [-0.2, 0) is 10.0 Å². The van der Waals surface area contributed by atoms with Crippen LogP contribution in [0.15, 0.2) is 29.2 Å². The monoisotopic (exact) mass is 262 g/mol. The molecule has 96 valence electrons. The topological polar surface area (TPSA) is 88.7 Å². The van der Waals surface area contributed by atoms with Crippen LogP contribution in [0, 0.1) is 5.82 Å². The maximum atomic E-state index is 12.6. The molecule has 0 saturated heterocycles. The molecule has 0 aliphatic heterocycles. The van der Waals surface area contributed by atoms with Gasteiger partial charge in [0.05, 0.1) is 0 Å². The summed E-state index contributed by atoms with van der Waals surface area (Å²) in [5.74, 6) is -0.559. The van der Waals surface area contributed by atoms with Gasteiger partial charge in [0.1, 0.15) is 15.8 Å². The van der Waals surface area contributed by atoms with Gasteiger partial charge in [-0.2, -0.15) is 0 Å². The smallest absolute Gasteiger partial charge is 0.123 e. The molecule has 1 rings (SSSR count). The summed E-state index contributed by atoms with van der Waals surface area (Å²) < 4.78 is 39.6. The van der Waals surface area contributed by atoms with E-state index >= 15 is 0 Å². The maximum Gasteiger partial charge on any atom is 0.123 e. The van der Waals surface area contributed by atoms with E-state index in [4.69, 9.17) is 10.2 Å². The second-order valence-corrected chi connectivity index (χ2v) is 5.44. The molecule has 0 fully saturated rings. The quantitative estimate of drug-likeness (QED) is 0.814. The van der Waals surface area contributed by atoms with E-state index in [2.05, 4.69) is 4.72 Å². The summed E-state index contributed by atoms with van der Waals surface area (Å²) in [7, 11) is -4.02. The lowest BCUT2D eigenvalue weighted by atomic mass is 10.1. The average molecular weight is 262 g/mol. The van der Waals surface area contributed by atoms with Gasteiger partial charge in [-0.25, -0.2) is 12.8 Å². The van der Waals surface area contributed by atoms with Gasteiger partial charge in [0.2, 0.25) is 0 Å². The number of aliphatic hydroxyl groups is 2. The van der Waals surface area contributed by atoms with Crippen molar-refractivity contribution in [2.75, 3.05) is 13.2 Å². The summed E-state index contributed by atoms with van der Waals surface area (Å²) in [6.45, 7) is 0.0852. The summed E-state index contributed by atoms with van der Waals surface area (Å²) in [6.07, 6.45) is 0. The first-order chi connectivity index (χ1) is 7.83.